The molecule has 1 aliphatic heterocycles. The van der Waals surface area contributed by atoms with Crippen molar-refractivity contribution >= 4 is 35.3 Å². The van der Waals surface area contributed by atoms with Crippen molar-refractivity contribution in [3.05, 3.63) is 33.8 Å². The monoisotopic (exact) mass is 331 g/mol. The lowest BCUT2D eigenvalue weighted by atomic mass is 10.0. The van der Waals surface area contributed by atoms with E-state index in [2.05, 4.69) is 0 Å². The fourth-order valence-electron chi connectivity index (χ4n) is 1.85. The van der Waals surface area contributed by atoms with Gasteiger partial charge in [-0.05, 0) is 38.5 Å². The van der Waals surface area contributed by atoms with Gasteiger partial charge in [-0.25, -0.2) is 9.59 Å². The van der Waals surface area contributed by atoms with Crippen molar-refractivity contribution in [1.29, 1.82) is 0 Å². The molecule has 114 valence electrons. The summed E-state index contributed by atoms with van der Waals surface area (Å²) in [5.74, 6) is -1.13. The van der Waals surface area contributed by atoms with Gasteiger partial charge in [0, 0.05) is 0 Å². The summed E-state index contributed by atoms with van der Waals surface area (Å²) in [5.41, 5.74) is -0.0222. The van der Waals surface area contributed by atoms with Gasteiger partial charge in [-0.2, -0.15) is 0 Å². The van der Waals surface area contributed by atoms with Gasteiger partial charge in [0.05, 0.1) is 16.6 Å². The first-order chi connectivity index (χ1) is 9.67. The van der Waals surface area contributed by atoms with E-state index in [0.29, 0.717) is 15.6 Å². The minimum absolute atomic E-state index is 0.0751. The van der Waals surface area contributed by atoms with Gasteiger partial charge in [0.1, 0.15) is 11.5 Å². The van der Waals surface area contributed by atoms with Gasteiger partial charge >= 0.3 is 12.1 Å². The van der Waals surface area contributed by atoms with Crippen LogP contribution in [0.25, 0.3) is 0 Å². The summed E-state index contributed by atoms with van der Waals surface area (Å²) >= 11 is 11.8. The van der Waals surface area contributed by atoms with Crippen LogP contribution in [0.2, 0.25) is 10.0 Å². The van der Waals surface area contributed by atoms with Crippen molar-refractivity contribution in [1.82, 2.24) is 5.06 Å². The third kappa shape index (κ3) is 3.80. The standard InChI is InChI=1S/C14H15Cl2NO4/c1-14(2,3)20-13(19)17-7-9(12(18)21-17)8-4-5-10(15)11(16)6-8/h4-6,9H,7H2,1-3H3. The molecule has 0 aromatic heterocycles. The van der Waals surface area contributed by atoms with Crippen molar-refractivity contribution < 1.29 is 19.2 Å². The summed E-state index contributed by atoms with van der Waals surface area (Å²) < 4.78 is 5.16. The second-order valence-corrected chi connectivity index (χ2v) is 6.49. The van der Waals surface area contributed by atoms with Crippen LogP contribution in [0.1, 0.15) is 32.3 Å². The van der Waals surface area contributed by atoms with Crippen molar-refractivity contribution in [2.75, 3.05) is 6.54 Å². The molecule has 21 heavy (non-hydrogen) atoms. The Morgan fingerprint density at radius 3 is 2.57 bits per heavy atom. The lowest BCUT2D eigenvalue weighted by Gasteiger charge is -2.22. The van der Waals surface area contributed by atoms with Gasteiger partial charge in [0.15, 0.2) is 0 Å². The van der Waals surface area contributed by atoms with E-state index < -0.39 is 23.6 Å². The van der Waals surface area contributed by atoms with Gasteiger partial charge < -0.3 is 9.57 Å². The molecule has 2 rings (SSSR count). The van der Waals surface area contributed by atoms with Crippen LogP contribution in [0.5, 0.6) is 0 Å². The highest BCUT2D eigenvalue weighted by Crippen LogP contribution is 2.31. The smallest absolute Gasteiger partial charge is 0.442 e. The van der Waals surface area contributed by atoms with Gasteiger partial charge in [0.2, 0.25) is 0 Å². The number of hydrogen-bond acceptors (Lipinski definition) is 4. The molecule has 1 heterocycles. The number of halogens is 2. The summed E-state index contributed by atoms with van der Waals surface area (Å²) in [5, 5.41) is 1.66. The van der Waals surface area contributed by atoms with E-state index in [9.17, 15) is 9.59 Å². The first-order valence-electron chi connectivity index (χ1n) is 6.34. The van der Waals surface area contributed by atoms with Crippen molar-refractivity contribution in [2.24, 2.45) is 0 Å². The molecule has 7 heteroatoms. The van der Waals surface area contributed by atoms with Crippen molar-refractivity contribution in [2.45, 2.75) is 32.3 Å². The van der Waals surface area contributed by atoms with Crippen LogP contribution >= 0.6 is 23.2 Å². The number of benzene rings is 1. The second kappa shape index (κ2) is 5.73. The lowest BCUT2D eigenvalue weighted by Crippen LogP contribution is -2.34. The van der Waals surface area contributed by atoms with Gasteiger partial charge in [-0.1, -0.05) is 29.3 Å². The molecule has 1 fully saturated rings. The number of ether oxygens (including phenoxy) is 1. The summed E-state index contributed by atoms with van der Waals surface area (Å²) in [6, 6.07) is 4.87. The Morgan fingerprint density at radius 1 is 1.33 bits per heavy atom. The highest BCUT2D eigenvalue weighted by atomic mass is 35.5. The predicted molar refractivity (Wildman–Crippen MR) is 78.2 cm³/mol. The maximum absolute atomic E-state index is 11.9. The van der Waals surface area contributed by atoms with Crippen LogP contribution in [0.4, 0.5) is 4.79 Å². The number of hydroxylamine groups is 2. The van der Waals surface area contributed by atoms with Crippen LogP contribution in [0, 0.1) is 0 Å². The molecular formula is C14H15Cl2NO4. The largest absolute Gasteiger partial charge is 0.443 e. The topological polar surface area (TPSA) is 55.8 Å². The first kappa shape index (κ1) is 15.9. The highest BCUT2D eigenvalue weighted by molar-refractivity contribution is 6.42. The van der Waals surface area contributed by atoms with Crippen LogP contribution in [-0.4, -0.2) is 29.3 Å². The van der Waals surface area contributed by atoms with Crippen LogP contribution < -0.4 is 0 Å². The van der Waals surface area contributed by atoms with E-state index in [1.807, 2.05) is 0 Å². The summed E-state index contributed by atoms with van der Waals surface area (Å²) in [7, 11) is 0. The molecule has 0 bridgehead atoms. The number of rotatable bonds is 1. The molecule has 0 aliphatic carbocycles. The molecule has 5 nitrogen and oxygen atoms in total. The van der Waals surface area contributed by atoms with E-state index in [0.717, 1.165) is 5.06 Å². The molecular weight excluding hydrogens is 317 g/mol. The summed E-state index contributed by atoms with van der Waals surface area (Å²) in [4.78, 5) is 28.7. The predicted octanol–water partition coefficient (Wildman–Crippen LogP) is 3.79. The average molecular weight is 332 g/mol. The second-order valence-electron chi connectivity index (χ2n) is 5.68. The number of hydrogen-bond donors (Lipinski definition) is 0. The van der Waals surface area contributed by atoms with E-state index >= 15 is 0 Å². The SMILES string of the molecule is CC(C)(C)OC(=O)N1CC(c2ccc(Cl)c(Cl)c2)C(=O)O1. The maximum atomic E-state index is 11.9. The highest BCUT2D eigenvalue weighted by Gasteiger charge is 2.39. The lowest BCUT2D eigenvalue weighted by molar-refractivity contribution is -0.166. The van der Waals surface area contributed by atoms with E-state index in [1.165, 1.54) is 0 Å². The average Bonchev–Trinajstić information content (AvgIpc) is 2.73. The molecule has 0 saturated carbocycles. The normalized spacial score (nSPS) is 18.6. The van der Waals surface area contributed by atoms with Crippen molar-refractivity contribution in [3.8, 4) is 0 Å². The molecule has 0 N–H and O–H groups in total. The Hall–Kier alpha value is -1.46. The molecule has 1 saturated heterocycles. The third-order valence-electron chi connectivity index (χ3n) is 2.78. The van der Waals surface area contributed by atoms with E-state index in [1.54, 1.807) is 39.0 Å². The minimum Gasteiger partial charge on any atom is -0.442 e. The minimum atomic E-state index is -0.696. The Bertz CT molecular complexity index is 583. The Morgan fingerprint density at radius 2 is 2.00 bits per heavy atom. The number of carbonyl (C=O) groups is 2. The number of amides is 1. The first-order valence-corrected chi connectivity index (χ1v) is 7.10. The van der Waals surface area contributed by atoms with Crippen LogP contribution in [0.3, 0.4) is 0 Å². The quantitative estimate of drug-likeness (QED) is 0.785. The summed E-state index contributed by atoms with van der Waals surface area (Å²) in [6.07, 6.45) is -0.696. The van der Waals surface area contributed by atoms with Gasteiger partial charge in [-0.15, -0.1) is 5.06 Å². The Labute approximate surface area is 132 Å². The number of carbonyl (C=O) groups excluding carboxylic acids is 2. The molecule has 1 unspecified atom stereocenters. The fraction of sp³-hybridized carbons (Fsp3) is 0.429. The fourth-order valence-corrected chi connectivity index (χ4v) is 2.15. The van der Waals surface area contributed by atoms with Crippen LogP contribution in [0.15, 0.2) is 18.2 Å². The molecule has 1 atom stereocenters. The van der Waals surface area contributed by atoms with Gasteiger partial charge in [0.25, 0.3) is 0 Å². The zero-order chi connectivity index (χ0) is 15.8. The molecule has 1 aromatic rings. The third-order valence-corrected chi connectivity index (χ3v) is 3.52. The molecule has 0 spiro atoms. The molecule has 0 radical (unpaired) electrons. The number of nitrogens with zero attached hydrogens (tertiary/aromatic N) is 1. The molecule has 1 aliphatic rings. The van der Waals surface area contributed by atoms with Crippen LogP contribution in [-0.2, 0) is 14.4 Å². The Kier molecular flexibility index (Phi) is 4.35. The molecule has 1 amide bonds. The maximum Gasteiger partial charge on any atom is 0.443 e. The summed E-state index contributed by atoms with van der Waals surface area (Å²) in [6.45, 7) is 5.28. The Balaban J connectivity index is 2.12. The molecule has 1 aromatic carbocycles. The zero-order valence-electron chi connectivity index (χ0n) is 11.9. The van der Waals surface area contributed by atoms with Gasteiger partial charge in [-0.3, -0.25) is 0 Å². The van der Waals surface area contributed by atoms with E-state index in [4.69, 9.17) is 32.8 Å². The van der Waals surface area contributed by atoms with E-state index in [-0.39, 0.29) is 6.54 Å². The van der Waals surface area contributed by atoms with Crippen molar-refractivity contribution in [3.63, 3.8) is 0 Å². The zero-order valence-corrected chi connectivity index (χ0v) is 13.4.